The van der Waals surface area contributed by atoms with Crippen LogP contribution in [0.4, 0.5) is 0 Å². The van der Waals surface area contributed by atoms with Gasteiger partial charge in [0.25, 0.3) is 0 Å². The van der Waals surface area contributed by atoms with E-state index < -0.39 is 5.60 Å². The third-order valence-corrected chi connectivity index (χ3v) is 3.41. The van der Waals surface area contributed by atoms with Crippen LogP contribution in [0.25, 0.3) is 0 Å². The number of phenolic OH excluding ortho intramolecular Hbond substituents is 1. The Morgan fingerprint density at radius 1 is 1.43 bits per heavy atom. The molecule has 1 unspecified atom stereocenters. The molecule has 6 heteroatoms. The number of nitrogens with one attached hydrogen (secondary N) is 1. The summed E-state index contributed by atoms with van der Waals surface area (Å²) >= 11 is 0. The van der Waals surface area contributed by atoms with Crippen LogP contribution < -0.4 is 10.1 Å². The van der Waals surface area contributed by atoms with Crippen molar-refractivity contribution in [2.75, 3.05) is 13.7 Å². The molecule has 0 radical (unpaired) electrons. The summed E-state index contributed by atoms with van der Waals surface area (Å²) in [5.74, 6) is 0.557. The van der Waals surface area contributed by atoms with Gasteiger partial charge in [-0.3, -0.25) is 4.68 Å². The van der Waals surface area contributed by atoms with E-state index in [4.69, 9.17) is 4.74 Å². The second-order valence-electron chi connectivity index (χ2n) is 5.25. The SMILES string of the molecule is COc1cccc(CNCC(C)(O)c2cnn(C)c2)c1O. The van der Waals surface area contributed by atoms with Crippen molar-refractivity contribution in [1.82, 2.24) is 15.1 Å². The van der Waals surface area contributed by atoms with Gasteiger partial charge < -0.3 is 20.3 Å². The number of phenols is 1. The highest BCUT2D eigenvalue weighted by Gasteiger charge is 2.24. The number of ether oxygens (including phenoxy) is 1. The Hall–Kier alpha value is -2.05. The van der Waals surface area contributed by atoms with Crippen molar-refractivity contribution in [3.63, 3.8) is 0 Å². The molecule has 0 fully saturated rings. The zero-order valence-electron chi connectivity index (χ0n) is 12.5. The summed E-state index contributed by atoms with van der Waals surface area (Å²) < 4.78 is 6.72. The second-order valence-corrected chi connectivity index (χ2v) is 5.25. The average molecular weight is 291 g/mol. The second kappa shape index (κ2) is 6.15. The van der Waals surface area contributed by atoms with E-state index in [-0.39, 0.29) is 5.75 Å². The Balaban J connectivity index is 1.98. The van der Waals surface area contributed by atoms with Gasteiger partial charge in [0, 0.05) is 37.5 Å². The maximum absolute atomic E-state index is 10.4. The summed E-state index contributed by atoms with van der Waals surface area (Å²) in [4.78, 5) is 0. The molecule has 1 heterocycles. The minimum Gasteiger partial charge on any atom is -0.504 e. The van der Waals surface area contributed by atoms with Crippen LogP contribution in [0.5, 0.6) is 11.5 Å². The number of benzene rings is 1. The number of aryl methyl sites for hydroxylation is 1. The molecule has 1 aromatic heterocycles. The molecule has 3 N–H and O–H groups in total. The summed E-state index contributed by atoms with van der Waals surface area (Å²) in [6.07, 6.45) is 3.43. The van der Waals surface area contributed by atoms with E-state index in [1.54, 1.807) is 37.1 Å². The highest BCUT2D eigenvalue weighted by molar-refractivity contribution is 5.45. The van der Waals surface area contributed by atoms with Crippen molar-refractivity contribution < 1.29 is 14.9 Å². The van der Waals surface area contributed by atoms with Crippen molar-refractivity contribution in [1.29, 1.82) is 0 Å². The number of hydrogen-bond donors (Lipinski definition) is 3. The molecular formula is C15H21N3O3. The highest BCUT2D eigenvalue weighted by atomic mass is 16.5. The van der Waals surface area contributed by atoms with E-state index in [0.717, 1.165) is 11.1 Å². The summed E-state index contributed by atoms with van der Waals surface area (Å²) in [6, 6.07) is 5.32. The lowest BCUT2D eigenvalue weighted by Crippen LogP contribution is -2.34. The first-order chi connectivity index (χ1) is 9.94. The molecule has 0 amide bonds. The van der Waals surface area contributed by atoms with E-state index >= 15 is 0 Å². The average Bonchev–Trinajstić information content (AvgIpc) is 2.88. The predicted octanol–water partition coefficient (Wildman–Crippen LogP) is 1.13. The molecule has 6 nitrogen and oxygen atoms in total. The lowest BCUT2D eigenvalue weighted by Gasteiger charge is -2.22. The van der Waals surface area contributed by atoms with Crippen molar-refractivity contribution in [2.45, 2.75) is 19.1 Å². The van der Waals surface area contributed by atoms with Gasteiger partial charge in [-0.1, -0.05) is 12.1 Å². The molecule has 0 saturated carbocycles. The van der Waals surface area contributed by atoms with Gasteiger partial charge in [-0.05, 0) is 13.0 Å². The van der Waals surface area contributed by atoms with E-state index in [1.807, 2.05) is 12.1 Å². The van der Waals surface area contributed by atoms with Crippen LogP contribution in [0.3, 0.4) is 0 Å². The number of aromatic hydroxyl groups is 1. The molecule has 0 spiro atoms. The number of hydrogen-bond acceptors (Lipinski definition) is 5. The molecule has 0 aliphatic carbocycles. The van der Waals surface area contributed by atoms with Gasteiger partial charge in [0.2, 0.25) is 0 Å². The normalized spacial score (nSPS) is 13.9. The smallest absolute Gasteiger partial charge is 0.162 e. The molecule has 0 saturated heterocycles. The van der Waals surface area contributed by atoms with Crippen LogP contribution in [-0.4, -0.2) is 33.6 Å². The molecular weight excluding hydrogens is 270 g/mol. The lowest BCUT2D eigenvalue weighted by molar-refractivity contribution is 0.0565. The Labute approximate surface area is 124 Å². The van der Waals surface area contributed by atoms with E-state index in [1.165, 1.54) is 7.11 Å². The van der Waals surface area contributed by atoms with Crippen LogP contribution in [0.2, 0.25) is 0 Å². The number of aromatic nitrogens is 2. The monoisotopic (exact) mass is 291 g/mol. The number of methoxy groups -OCH3 is 1. The first-order valence-electron chi connectivity index (χ1n) is 6.71. The van der Waals surface area contributed by atoms with Gasteiger partial charge in [0.15, 0.2) is 11.5 Å². The van der Waals surface area contributed by atoms with E-state index in [0.29, 0.717) is 18.8 Å². The summed E-state index contributed by atoms with van der Waals surface area (Å²) in [6.45, 7) is 2.50. The van der Waals surface area contributed by atoms with E-state index in [9.17, 15) is 10.2 Å². The first-order valence-corrected chi connectivity index (χ1v) is 6.71. The van der Waals surface area contributed by atoms with Gasteiger partial charge in [0.05, 0.1) is 13.3 Å². The van der Waals surface area contributed by atoms with Gasteiger partial charge in [-0.25, -0.2) is 0 Å². The number of rotatable bonds is 6. The lowest BCUT2D eigenvalue weighted by atomic mass is 9.99. The first kappa shape index (κ1) is 15.3. The van der Waals surface area contributed by atoms with Crippen molar-refractivity contribution in [3.8, 4) is 11.5 Å². The Kier molecular flexibility index (Phi) is 4.50. The number of aliphatic hydroxyl groups is 1. The molecule has 0 aliphatic rings. The quantitative estimate of drug-likeness (QED) is 0.743. The van der Waals surface area contributed by atoms with Gasteiger partial charge >= 0.3 is 0 Å². The molecule has 0 bridgehead atoms. The third-order valence-electron chi connectivity index (χ3n) is 3.41. The molecule has 1 aromatic carbocycles. The van der Waals surface area contributed by atoms with Crippen LogP contribution in [0, 0.1) is 0 Å². The van der Waals surface area contributed by atoms with Gasteiger partial charge in [-0.15, -0.1) is 0 Å². The fraction of sp³-hybridized carbons (Fsp3) is 0.400. The topological polar surface area (TPSA) is 79.5 Å². The molecule has 114 valence electrons. The minimum atomic E-state index is -1.03. The Morgan fingerprint density at radius 2 is 2.19 bits per heavy atom. The van der Waals surface area contributed by atoms with Gasteiger partial charge in [-0.2, -0.15) is 5.10 Å². The van der Waals surface area contributed by atoms with Crippen molar-refractivity contribution >= 4 is 0 Å². The summed E-state index contributed by atoms with van der Waals surface area (Å²) in [7, 11) is 3.32. The fourth-order valence-electron chi connectivity index (χ4n) is 2.12. The minimum absolute atomic E-state index is 0.119. The summed E-state index contributed by atoms with van der Waals surface area (Å²) in [5.41, 5.74) is 0.437. The van der Waals surface area contributed by atoms with E-state index in [2.05, 4.69) is 10.4 Å². The number of nitrogens with zero attached hydrogens (tertiary/aromatic N) is 2. The fourth-order valence-corrected chi connectivity index (χ4v) is 2.12. The zero-order valence-corrected chi connectivity index (χ0v) is 12.5. The molecule has 2 aromatic rings. The number of para-hydroxylation sites is 1. The highest BCUT2D eigenvalue weighted by Crippen LogP contribution is 2.29. The molecule has 21 heavy (non-hydrogen) atoms. The standard InChI is InChI=1S/C15H21N3O3/c1-15(20,12-8-17-18(2)9-12)10-16-7-11-5-4-6-13(21-3)14(11)19/h4-6,8-9,16,19-20H,7,10H2,1-3H3. The zero-order chi connectivity index (χ0) is 15.5. The van der Waals surface area contributed by atoms with Crippen molar-refractivity contribution in [2.24, 2.45) is 7.05 Å². The summed E-state index contributed by atoms with van der Waals surface area (Å²) in [5, 5.41) is 27.6. The third kappa shape index (κ3) is 3.53. The maximum Gasteiger partial charge on any atom is 0.162 e. The largest absolute Gasteiger partial charge is 0.504 e. The Morgan fingerprint density at radius 3 is 2.81 bits per heavy atom. The van der Waals surface area contributed by atoms with Gasteiger partial charge in [0.1, 0.15) is 5.60 Å². The van der Waals surface area contributed by atoms with Crippen molar-refractivity contribution in [3.05, 3.63) is 41.7 Å². The molecule has 2 rings (SSSR count). The molecule has 1 atom stereocenters. The van der Waals surface area contributed by atoms with Crippen LogP contribution in [-0.2, 0) is 19.2 Å². The Bertz CT molecular complexity index is 608. The molecule has 0 aliphatic heterocycles. The maximum atomic E-state index is 10.4. The predicted molar refractivity (Wildman–Crippen MR) is 79.1 cm³/mol. The van der Waals surface area contributed by atoms with Crippen LogP contribution in [0.15, 0.2) is 30.6 Å². The van der Waals surface area contributed by atoms with Crippen LogP contribution >= 0.6 is 0 Å². The van der Waals surface area contributed by atoms with Crippen LogP contribution in [0.1, 0.15) is 18.1 Å².